The van der Waals surface area contributed by atoms with Gasteiger partial charge < -0.3 is 19.7 Å². The van der Waals surface area contributed by atoms with Gasteiger partial charge in [-0.1, -0.05) is 42.5 Å². The predicted molar refractivity (Wildman–Crippen MR) is 124 cm³/mol. The van der Waals surface area contributed by atoms with Crippen molar-refractivity contribution in [1.29, 1.82) is 0 Å². The fourth-order valence-electron chi connectivity index (χ4n) is 3.72. The van der Waals surface area contributed by atoms with Crippen LogP contribution in [0.1, 0.15) is 12.0 Å². The van der Waals surface area contributed by atoms with Gasteiger partial charge in [-0.15, -0.1) is 0 Å². The molecule has 2 aromatic carbocycles. The minimum atomic E-state index is 0.575. The van der Waals surface area contributed by atoms with Crippen LogP contribution in [-0.4, -0.2) is 70.2 Å². The Kier molecular flexibility index (Phi) is 9.12. The van der Waals surface area contributed by atoms with E-state index in [-0.39, 0.29) is 0 Å². The summed E-state index contributed by atoms with van der Waals surface area (Å²) >= 11 is 1.96. The number of hydrogen-bond acceptors (Lipinski definition) is 4. The summed E-state index contributed by atoms with van der Waals surface area (Å²) in [5.41, 5.74) is 1.41. The van der Waals surface area contributed by atoms with E-state index in [2.05, 4.69) is 57.7 Å². The number of fused-ring (bicyclic) bond motifs is 1. The first-order valence-corrected chi connectivity index (χ1v) is 11.5. The van der Waals surface area contributed by atoms with Crippen molar-refractivity contribution in [1.82, 2.24) is 10.2 Å². The molecule has 0 bridgehead atoms. The third kappa shape index (κ3) is 6.63. The Morgan fingerprint density at radius 3 is 2.93 bits per heavy atom. The van der Waals surface area contributed by atoms with Crippen molar-refractivity contribution < 1.29 is 9.47 Å². The molecule has 6 heteroatoms. The van der Waals surface area contributed by atoms with E-state index in [9.17, 15) is 0 Å². The standard InChI is InChI=1S/C23H33N3O2S/c1-24-23(26-12-10-19(16-26)17-28-14-13-27-2)25-11-15-29-18-21-8-5-7-20-6-3-4-9-22(20)21/h3-9,19H,10-18H2,1-2H3,(H,24,25). The number of guanidine groups is 1. The molecule has 2 aromatic rings. The SMILES string of the molecule is CN=C(NCCSCc1cccc2ccccc12)N1CCC(COCCOC)C1. The first-order valence-electron chi connectivity index (χ1n) is 10.4. The molecule has 158 valence electrons. The average Bonchev–Trinajstić information content (AvgIpc) is 3.22. The summed E-state index contributed by atoms with van der Waals surface area (Å²) in [4.78, 5) is 6.82. The fraction of sp³-hybridized carbons (Fsp3) is 0.522. The lowest BCUT2D eigenvalue weighted by molar-refractivity contribution is 0.0536. The van der Waals surface area contributed by atoms with E-state index >= 15 is 0 Å². The number of nitrogens with zero attached hydrogens (tertiary/aromatic N) is 2. The van der Waals surface area contributed by atoms with E-state index < -0.39 is 0 Å². The lowest BCUT2D eigenvalue weighted by Crippen LogP contribution is -2.41. The molecule has 29 heavy (non-hydrogen) atoms. The quantitative estimate of drug-likeness (QED) is 0.365. The molecule has 1 heterocycles. The van der Waals surface area contributed by atoms with E-state index in [0.717, 1.165) is 50.1 Å². The van der Waals surface area contributed by atoms with Crippen molar-refractivity contribution >= 4 is 28.5 Å². The molecule has 3 rings (SSSR count). The number of rotatable bonds is 10. The van der Waals surface area contributed by atoms with Crippen molar-refractivity contribution in [3.05, 3.63) is 48.0 Å². The van der Waals surface area contributed by atoms with Crippen LogP contribution in [0.3, 0.4) is 0 Å². The van der Waals surface area contributed by atoms with Gasteiger partial charge in [0.2, 0.25) is 0 Å². The van der Waals surface area contributed by atoms with Gasteiger partial charge in [0.05, 0.1) is 19.8 Å². The Morgan fingerprint density at radius 1 is 1.21 bits per heavy atom. The molecule has 0 spiro atoms. The largest absolute Gasteiger partial charge is 0.382 e. The van der Waals surface area contributed by atoms with Crippen LogP contribution in [0.4, 0.5) is 0 Å². The summed E-state index contributed by atoms with van der Waals surface area (Å²) < 4.78 is 10.7. The number of ether oxygens (including phenoxy) is 2. The minimum Gasteiger partial charge on any atom is -0.382 e. The highest BCUT2D eigenvalue weighted by molar-refractivity contribution is 7.98. The molecule has 0 radical (unpaired) electrons. The van der Waals surface area contributed by atoms with E-state index in [4.69, 9.17) is 9.47 Å². The zero-order valence-electron chi connectivity index (χ0n) is 17.6. The highest BCUT2D eigenvalue weighted by Crippen LogP contribution is 2.22. The van der Waals surface area contributed by atoms with Crippen LogP contribution in [0.5, 0.6) is 0 Å². The topological polar surface area (TPSA) is 46.1 Å². The van der Waals surface area contributed by atoms with Crippen LogP contribution in [0.15, 0.2) is 47.5 Å². The second-order valence-electron chi connectivity index (χ2n) is 7.33. The molecule has 1 fully saturated rings. The van der Waals surface area contributed by atoms with Crippen LogP contribution in [0.2, 0.25) is 0 Å². The van der Waals surface area contributed by atoms with Crippen molar-refractivity contribution in [3.8, 4) is 0 Å². The number of methoxy groups -OCH3 is 1. The number of nitrogens with one attached hydrogen (secondary N) is 1. The van der Waals surface area contributed by atoms with Gasteiger partial charge in [0.1, 0.15) is 0 Å². The van der Waals surface area contributed by atoms with Gasteiger partial charge in [0.15, 0.2) is 5.96 Å². The van der Waals surface area contributed by atoms with Gasteiger partial charge in [-0.25, -0.2) is 0 Å². The normalized spacial score (nSPS) is 17.2. The number of aliphatic imine (C=N–C) groups is 1. The second kappa shape index (κ2) is 12.1. The molecule has 0 aliphatic carbocycles. The molecule has 1 aliphatic heterocycles. The van der Waals surface area contributed by atoms with Crippen molar-refractivity contribution in [2.45, 2.75) is 12.2 Å². The maximum Gasteiger partial charge on any atom is 0.193 e. The molecular weight excluding hydrogens is 382 g/mol. The zero-order valence-corrected chi connectivity index (χ0v) is 18.4. The first-order chi connectivity index (χ1) is 14.3. The summed E-state index contributed by atoms with van der Waals surface area (Å²) in [5, 5.41) is 6.21. The molecule has 0 amide bonds. The number of hydrogen-bond donors (Lipinski definition) is 1. The predicted octanol–water partition coefficient (Wildman–Crippen LogP) is 3.63. The average molecular weight is 416 g/mol. The van der Waals surface area contributed by atoms with Crippen molar-refractivity contribution in [2.24, 2.45) is 10.9 Å². The Labute approximate surface area is 178 Å². The van der Waals surface area contributed by atoms with Gasteiger partial charge in [0, 0.05) is 51.2 Å². The molecule has 1 unspecified atom stereocenters. The molecule has 1 N–H and O–H groups in total. The molecule has 1 atom stereocenters. The molecular formula is C23H33N3O2S. The second-order valence-corrected chi connectivity index (χ2v) is 8.44. The van der Waals surface area contributed by atoms with Crippen LogP contribution in [-0.2, 0) is 15.2 Å². The van der Waals surface area contributed by atoms with Crippen molar-refractivity contribution in [2.75, 3.05) is 59.4 Å². The van der Waals surface area contributed by atoms with Crippen molar-refractivity contribution in [3.63, 3.8) is 0 Å². The van der Waals surface area contributed by atoms with Gasteiger partial charge in [0.25, 0.3) is 0 Å². The van der Waals surface area contributed by atoms with Crippen LogP contribution in [0.25, 0.3) is 10.8 Å². The van der Waals surface area contributed by atoms with E-state index in [1.807, 2.05) is 18.8 Å². The number of thioether (sulfide) groups is 1. The maximum absolute atomic E-state index is 5.69. The Hall–Kier alpha value is -1.76. The third-order valence-corrected chi connectivity index (χ3v) is 6.26. The maximum atomic E-state index is 5.69. The highest BCUT2D eigenvalue weighted by Gasteiger charge is 2.24. The molecule has 0 saturated carbocycles. The monoisotopic (exact) mass is 415 g/mol. The highest BCUT2D eigenvalue weighted by atomic mass is 32.2. The smallest absolute Gasteiger partial charge is 0.193 e. The summed E-state index contributed by atoms with van der Waals surface area (Å²) in [6, 6.07) is 15.2. The first kappa shape index (κ1) is 21.9. The third-order valence-electron chi connectivity index (χ3n) is 5.25. The molecule has 1 saturated heterocycles. The molecule has 0 aromatic heterocycles. The van der Waals surface area contributed by atoms with E-state index in [0.29, 0.717) is 19.1 Å². The summed E-state index contributed by atoms with van der Waals surface area (Å²) in [7, 11) is 3.57. The van der Waals surface area contributed by atoms with E-state index in [1.54, 1.807) is 7.11 Å². The van der Waals surface area contributed by atoms with Gasteiger partial charge >= 0.3 is 0 Å². The van der Waals surface area contributed by atoms with E-state index in [1.165, 1.54) is 16.3 Å². The lowest BCUT2D eigenvalue weighted by atomic mass is 10.1. The van der Waals surface area contributed by atoms with Crippen LogP contribution < -0.4 is 5.32 Å². The summed E-state index contributed by atoms with van der Waals surface area (Å²) in [6.07, 6.45) is 1.16. The lowest BCUT2D eigenvalue weighted by Gasteiger charge is -2.21. The Balaban J connectivity index is 1.36. The van der Waals surface area contributed by atoms with Crippen LogP contribution >= 0.6 is 11.8 Å². The number of benzene rings is 2. The molecule has 5 nitrogen and oxygen atoms in total. The summed E-state index contributed by atoms with van der Waals surface area (Å²) in [6.45, 7) is 5.12. The van der Waals surface area contributed by atoms with Gasteiger partial charge in [-0.05, 0) is 22.8 Å². The molecule has 1 aliphatic rings. The van der Waals surface area contributed by atoms with Crippen LogP contribution in [0, 0.1) is 5.92 Å². The van der Waals surface area contributed by atoms with Gasteiger partial charge in [-0.3, -0.25) is 4.99 Å². The fourth-order valence-corrected chi connectivity index (χ4v) is 4.58. The minimum absolute atomic E-state index is 0.575. The van der Waals surface area contributed by atoms with Gasteiger partial charge in [-0.2, -0.15) is 11.8 Å². The Bertz CT molecular complexity index is 778. The Morgan fingerprint density at radius 2 is 2.07 bits per heavy atom. The number of likely N-dealkylation sites (tertiary alicyclic amines) is 1. The zero-order chi connectivity index (χ0) is 20.3. The summed E-state index contributed by atoms with van der Waals surface area (Å²) in [5.74, 6) is 3.67.